The van der Waals surface area contributed by atoms with Crippen molar-refractivity contribution in [3.63, 3.8) is 0 Å². The Bertz CT molecular complexity index is 3400. The number of rotatable bonds is 27. The van der Waals surface area contributed by atoms with Crippen molar-refractivity contribution in [2.24, 2.45) is 0 Å². The topological polar surface area (TPSA) is 486 Å². The number of nitrogens with zero attached hydrogens (tertiary/aromatic N) is 6. The van der Waals surface area contributed by atoms with Crippen LogP contribution < -0.4 is 225 Å². The van der Waals surface area contributed by atoms with Crippen molar-refractivity contribution in [3.05, 3.63) is 96.7 Å². The van der Waals surface area contributed by atoms with E-state index >= 15 is 0 Å². The molecule has 32 nitrogen and oxygen atoms in total. The third-order valence-corrected chi connectivity index (χ3v) is 13.2. The second kappa shape index (κ2) is 40.9. The zero-order valence-electron chi connectivity index (χ0n) is 44.0. The van der Waals surface area contributed by atoms with Crippen LogP contribution in [0.2, 0.25) is 0 Å². The van der Waals surface area contributed by atoms with E-state index in [2.05, 4.69) is 96.5 Å². The van der Waals surface area contributed by atoms with Crippen LogP contribution in [0, 0.1) is 0 Å². The van der Waals surface area contributed by atoms with Crippen LogP contribution in [0.15, 0.2) is 115 Å². The summed E-state index contributed by atoms with van der Waals surface area (Å²) in [6.45, 7) is 4.90. The molecule has 0 bridgehead atoms. The van der Waals surface area contributed by atoms with Gasteiger partial charge in [-0.3, -0.25) is 15.1 Å². The van der Waals surface area contributed by atoms with Gasteiger partial charge in [-0.2, -0.15) is 42.9 Å². The Hall–Kier alpha value is -0.480. The molecule has 0 saturated heterocycles. The van der Waals surface area contributed by atoms with Crippen molar-refractivity contribution >= 4 is 137 Å². The van der Waals surface area contributed by atoms with Crippen LogP contribution in [-0.2, 0) is 58.5 Å². The van der Waals surface area contributed by atoms with Crippen LogP contribution in [0.25, 0.3) is 12.2 Å². The minimum absolute atomic E-state index is 0. The molecule has 0 aliphatic carbocycles. The molecule has 4 aromatic carbocycles. The molecule has 82 heavy (non-hydrogen) atoms. The summed E-state index contributed by atoms with van der Waals surface area (Å²) in [5.41, 5.74) is -0.231. The summed E-state index contributed by atoms with van der Waals surface area (Å²) >= 11 is 1.15. The van der Waals surface area contributed by atoms with Crippen LogP contribution in [0.5, 0.6) is 0 Å². The summed E-state index contributed by atoms with van der Waals surface area (Å²) in [4.78, 5) is 23.2. The number of hydrogen-bond donors (Lipinski definition) is 8. The number of anilines is 10. The average molecular weight is 1310 g/mol. The molecule has 1 atom stereocenters. The van der Waals surface area contributed by atoms with Crippen LogP contribution in [0.4, 0.5) is 58.4 Å². The molecule has 0 aliphatic heterocycles. The second-order valence-electron chi connectivity index (χ2n) is 13.9. The second-order valence-corrected chi connectivity index (χ2v) is 20.2. The number of aliphatic hydroxyl groups excluding tert-OH is 2. The number of hydrogen-bond acceptors (Lipinski definition) is 35. The summed E-state index contributed by atoms with van der Waals surface area (Å²) in [5.74, 6) is -1.49. The van der Waals surface area contributed by atoms with E-state index in [1.807, 2.05) is 0 Å². The average Bonchev–Trinajstić information content (AvgIpc) is 3.36. The molecule has 1 unspecified atom stereocenters. The van der Waals surface area contributed by atoms with Crippen LogP contribution in [0.3, 0.4) is 0 Å². The smallest absolute Gasteiger partial charge is 0.744 e. The van der Waals surface area contributed by atoms with Crippen LogP contribution in [-0.4, -0.2) is 98.8 Å². The molecule has 6 rings (SSSR count). The number of aromatic nitrogens is 6. The van der Waals surface area contributed by atoms with Crippen LogP contribution >= 0.6 is 36.1 Å². The summed E-state index contributed by atoms with van der Waals surface area (Å²) < 4.78 is 123. The number of aliphatic hydroxyl groups is 2. The van der Waals surface area contributed by atoms with Gasteiger partial charge in [-0.1, -0.05) is 30.9 Å². The Labute approximate surface area is 612 Å². The van der Waals surface area contributed by atoms with Gasteiger partial charge in [0.25, 0.3) is 0 Å². The Morgan fingerprint density at radius 3 is 1.55 bits per heavy atom. The maximum Gasteiger partial charge on any atom is 1.00 e. The summed E-state index contributed by atoms with van der Waals surface area (Å²) in [6, 6.07) is 14.1. The molecule has 8 N–H and O–H groups in total. The van der Waals surface area contributed by atoms with Crippen molar-refractivity contribution in [1.29, 1.82) is 0 Å². The summed E-state index contributed by atoms with van der Waals surface area (Å²) in [5, 5.41) is 75.1. The zero-order valence-corrected chi connectivity index (χ0v) is 60.9. The summed E-state index contributed by atoms with van der Waals surface area (Å²) in [7, 11) is -14.3. The first-order chi connectivity index (χ1) is 36.1. The van der Waals surface area contributed by atoms with Gasteiger partial charge in [0.05, 0.1) is 73.2 Å². The fraction of sp³-hybridized carbons (Fsp3) is 0.105. The van der Waals surface area contributed by atoms with Gasteiger partial charge in [0.1, 0.15) is 30.4 Å². The van der Waals surface area contributed by atoms with Gasteiger partial charge in [-0.05, 0) is 84.9 Å². The van der Waals surface area contributed by atoms with Gasteiger partial charge >= 0.3 is 177 Å². The minimum Gasteiger partial charge on any atom is -0.744 e. The van der Waals surface area contributed by atoms with E-state index in [9.17, 15) is 59.8 Å². The Morgan fingerprint density at radius 1 is 0.549 bits per heavy atom. The first-order valence-electron chi connectivity index (χ1n) is 20.0. The molecule has 44 heteroatoms. The monoisotopic (exact) mass is 1310 g/mol. The molecule has 0 aliphatic rings. The van der Waals surface area contributed by atoms with Crippen molar-refractivity contribution < 1.29 is 270 Å². The molecule has 6 aromatic rings. The maximum atomic E-state index is 12.7. The van der Waals surface area contributed by atoms with Crippen molar-refractivity contribution in [2.45, 2.75) is 42.4 Å². The third-order valence-electron chi connectivity index (χ3n) is 8.72. The predicted octanol–water partition coefficient (Wildman–Crippen LogP) is -16.4. The van der Waals surface area contributed by atoms with Crippen molar-refractivity contribution in [2.75, 3.05) is 45.6 Å². The number of nitrogens with one attached hydrogen (secondary N) is 6. The third kappa shape index (κ3) is 27.1. The van der Waals surface area contributed by atoms with Gasteiger partial charge in [0.15, 0.2) is 0 Å². The molecular weight excluding hydrogens is 1270 g/mol. The first-order valence-corrected chi connectivity index (χ1v) is 26.5. The van der Waals surface area contributed by atoms with Gasteiger partial charge in [-0.15, -0.1) is 0 Å². The minimum atomic E-state index is -5.24. The molecular formula is C38H34N12Na6O20S6. The zero-order chi connectivity index (χ0) is 55.6. The van der Waals surface area contributed by atoms with Crippen molar-refractivity contribution in [1.82, 2.24) is 29.9 Å². The molecule has 2 heterocycles. The molecule has 0 radical (unpaired) electrons. The molecule has 0 spiro atoms. The van der Waals surface area contributed by atoms with Gasteiger partial charge in [-0.25, -0.2) is 25.3 Å². The van der Waals surface area contributed by atoms with E-state index in [1.54, 1.807) is 0 Å². The molecule has 0 amide bonds. The van der Waals surface area contributed by atoms with Gasteiger partial charge < -0.3 is 71.5 Å². The predicted molar refractivity (Wildman–Crippen MR) is 258 cm³/mol. The van der Waals surface area contributed by atoms with E-state index < -0.39 is 51.1 Å². The summed E-state index contributed by atoms with van der Waals surface area (Å²) in [6.07, 6.45) is 2.89. The van der Waals surface area contributed by atoms with Crippen molar-refractivity contribution in [3.8, 4) is 0 Å². The molecule has 0 saturated carbocycles. The van der Waals surface area contributed by atoms with Crippen LogP contribution in [0.1, 0.15) is 18.1 Å². The Kier molecular flexibility index (Phi) is 41.7. The quantitative estimate of drug-likeness (QED) is 0.00593. The van der Waals surface area contributed by atoms with Gasteiger partial charge in [0, 0.05) is 34.8 Å². The normalized spacial score (nSPS) is 11.2. The van der Waals surface area contributed by atoms with Gasteiger partial charge in [0.2, 0.25) is 35.7 Å². The fourth-order valence-electron chi connectivity index (χ4n) is 5.78. The molecule has 2 aromatic heterocycles. The van der Waals surface area contributed by atoms with E-state index in [0.29, 0.717) is 36.1 Å². The standard InChI is InChI=1S/C37H36N12O19S6.CH4O.6Na/c1-3-38-32-44-34(49-37(45-32)43-27-16-24(69-66-63-51)10-13-30(27)73(57,58)59)40-22-8-6-20(29(14-22)71-68-65-53)4-5-21-7-9-23(15-31(21)74(60,61)62)41-35-46-33(39-18-19(2)50)47-36(48-35)42-26-17-25(72(54,55)56)11-12-28(26)70-67-64-52;1-2;;;;;;/h3-17,19,50-53H,1,18H2,2H3,(H,54,55,56)(H,57,58,59)(H,60,61,62)(H3,38,40,43,44,45,49)(H3,39,41,42,46,47,48);2H,1H3;;;;;;/q;;6*+1/p-6/b5-4+;;;;;;;. The fourth-order valence-corrected chi connectivity index (χ4v) is 8.92. The Morgan fingerprint density at radius 2 is 1.02 bits per heavy atom. The largest absolute Gasteiger partial charge is 1.00 e. The first kappa shape index (κ1) is 83.6. The van der Waals surface area contributed by atoms with E-state index in [-0.39, 0.29) is 268 Å². The molecule has 408 valence electrons. The Balaban J connectivity index is 0. The van der Waals surface area contributed by atoms with E-state index in [4.69, 9.17) is 5.11 Å². The molecule has 0 fully saturated rings. The van der Waals surface area contributed by atoms with E-state index in [1.165, 1.54) is 61.7 Å². The van der Waals surface area contributed by atoms with E-state index in [0.717, 1.165) is 43.5 Å². The SMILES string of the molecule is C=CNc1nc(Nc2ccc(/C=C/c3ccc(Nc4nc(NCC(C)O)nc(Nc5cc(S(=O)(=O)[O-])ccc5SOO[O-])n4)cc3S(=O)(=O)[O-])c(SOO[O-])c2)nc(Nc2cc(SOO[O-])ccc2S(=O)(=O)[O-])n1.CO.[Na+].[Na+].[Na+].[Na+].[Na+].[Na+]. The number of benzene rings is 4. The maximum absolute atomic E-state index is 12.7.